The molecule has 4 heteroatoms. The minimum Gasteiger partial charge on any atom is -0.497 e. The number of benzene rings is 2. The van der Waals surface area contributed by atoms with Gasteiger partial charge < -0.3 is 14.8 Å². The molecule has 0 aliphatic heterocycles. The third-order valence-electron chi connectivity index (χ3n) is 3.27. The highest BCUT2D eigenvalue weighted by Crippen LogP contribution is 2.27. The number of fused-ring (bicyclic) bond motifs is 1. The lowest BCUT2D eigenvalue weighted by atomic mass is 10.1. The van der Waals surface area contributed by atoms with E-state index in [4.69, 9.17) is 9.84 Å². The number of H-pyrrole nitrogens is 1. The number of ether oxygens (including phenoxy) is 1. The Morgan fingerprint density at radius 2 is 1.85 bits per heavy atom. The van der Waals surface area contributed by atoms with Crippen LogP contribution in [-0.2, 0) is 0 Å². The van der Waals surface area contributed by atoms with E-state index in [1.54, 1.807) is 31.4 Å². The van der Waals surface area contributed by atoms with Crippen molar-refractivity contribution in [3.8, 4) is 17.0 Å². The monoisotopic (exact) mass is 267 g/mol. The van der Waals surface area contributed by atoms with Crippen molar-refractivity contribution in [2.45, 2.75) is 0 Å². The van der Waals surface area contributed by atoms with Crippen LogP contribution in [0.3, 0.4) is 0 Å². The Hall–Kier alpha value is -2.75. The summed E-state index contributed by atoms with van der Waals surface area (Å²) in [4.78, 5) is 14.1. The molecule has 0 aliphatic carbocycles. The van der Waals surface area contributed by atoms with Gasteiger partial charge in [0.2, 0.25) is 0 Å². The fourth-order valence-corrected chi connectivity index (χ4v) is 2.19. The molecule has 1 heterocycles. The molecule has 4 nitrogen and oxygen atoms in total. The molecular weight excluding hydrogens is 254 g/mol. The lowest BCUT2D eigenvalue weighted by molar-refractivity contribution is 0.0697. The number of aromatic amines is 1. The molecule has 0 atom stereocenters. The van der Waals surface area contributed by atoms with Crippen molar-refractivity contribution in [2.75, 3.05) is 7.11 Å². The van der Waals surface area contributed by atoms with Crippen LogP contribution in [-0.4, -0.2) is 23.2 Å². The molecule has 2 N–H and O–H groups in total. The summed E-state index contributed by atoms with van der Waals surface area (Å²) in [5, 5.41) is 9.95. The summed E-state index contributed by atoms with van der Waals surface area (Å²) in [5.74, 6) is -0.109. The summed E-state index contributed by atoms with van der Waals surface area (Å²) in [7, 11) is 1.64. The fourth-order valence-electron chi connectivity index (χ4n) is 2.19. The molecular formula is C16H13NO3. The minimum atomic E-state index is -0.919. The van der Waals surface area contributed by atoms with Gasteiger partial charge >= 0.3 is 5.97 Å². The Balaban J connectivity index is 2.03. The molecule has 1 aromatic heterocycles. The number of hydrogen-bond acceptors (Lipinski definition) is 2. The normalized spacial score (nSPS) is 10.7. The van der Waals surface area contributed by atoms with Crippen molar-refractivity contribution in [3.05, 3.63) is 54.1 Å². The first-order valence-corrected chi connectivity index (χ1v) is 6.18. The maximum atomic E-state index is 10.8. The number of nitrogens with one attached hydrogen (secondary N) is 1. The van der Waals surface area contributed by atoms with Crippen LogP contribution >= 0.6 is 0 Å². The molecule has 3 rings (SSSR count). The number of carbonyl (C=O) groups is 1. The Kier molecular flexibility index (Phi) is 2.91. The highest BCUT2D eigenvalue weighted by Gasteiger charge is 2.06. The maximum Gasteiger partial charge on any atom is 0.335 e. The highest BCUT2D eigenvalue weighted by atomic mass is 16.5. The second-order valence-electron chi connectivity index (χ2n) is 4.52. The zero-order valence-electron chi connectivity index (χ0n) is 10.9. The second kappa shape index (κ2) is 4.74. The lowest BCUT2D eigenvalue weighted by Gasteiger charge is -1.98. The second-order valence-corrected chi connectivity index (χ2v) is 4.52. The van der Waals surface area contributed by atoms with E-state index in [0.29, 0.717) is 0 Å². The molecule has 0 bridgehead atoms. The number of rotatable bonds is 3. The zero-order chi connectivity index (χ0) is 14.1. The summed E-state index contributed by atoms with van der Waals surface area (Å²) in [6.07, 6.45) is 0. The first-order chi connectivity index (χ1) is 9.67. The molecule has 0 radical (unpaired) electrons. The van der Waals surface area contributed by atoms with Crippen LogP contribution in [0.25, 0.3) is 22.2 Å². The minimum absolute atomic E-state index is 0.284. The summed E-state index contributed by atoms with van der Waals surface area (Å²) < 4.78 is 5.20. The van der Waals surface area contributed by atoms with Gasteiger partial charge in [0.15, 0.2) is 0 Å². The van der Waals surface area contributed by atoms with Crippen LogP contribution in [0.4, 0.5) is 0 Å². The summed E-state index contributed by atoms with van der Waals surface area (Å²) in [5.41, 5.74) is 3.20. The van der Waals surface area contributed by atoms with Crippen molar-refractivity contribution in [2.24, 2.45) is 0 Å². The molecule has 3 aromatic rings. The van der Waals surface area contributed by atoms with Crippen molar-refractivity contribution in [1.82, 2.24) is 4.98 Å². The average molecular weight is 267 g/mol. The van der Waals surface area contributed by atoms with Gasteiger partial charge in [-0.15, -0.1) is 0 Å². The standard InChI is InChI=1S/C16H13NO3/c1-20-13-6-7-14-12(8-13)9-15(17-14)10-2-4-11(5-3-10)16(18)19/h2-9,17H,1H3,(H,18,19). The number of carboxylic acid groups (broad SMARTS) is 1. The first-order valence-electron chi connectivity index (χ1n) is 6.18. The van der Waals surface area contributed by atoms with Gasteiger partial charge in [-0.1, -0.05) is 12.1 Å². The molecule has 0 amide bonds. The topological polar surface area (TPSA) is 62.3 Å². The van der Waals surface area contributed by atoms with E-state index < -0.39 is 5.97 Å². The maximum absolute atomic E-state index is 10.8. The third kappa shape index (κ3) is 2.12. The highest BCUT2D eigenvalue weighted by molar-refractivity contribution is 5.90. The Bertz CT molecular complexity index is 772. The predicted molar refractivity (Wildman–Crippen MR) is 77.2 cm³/mol. The number of aromatic nitrogens is 1. The smallest absolute Gasteiger partial charge is 0.335 e. The predicted octanol–water partition coefficient (Wildman–Crippen LogP) is 3.54. The van der Waals surface area contributed by atoms with E-state index in [9.17, 15) is 4.79 Å². The van der Waals surface area contributed by atoms with Crippen molar-refractivity contribution in [1.29, 1.82) is 0 Å². The van der Waals surface area contributed by atoms with Crippen LogP contribution < -0.4 is 4.74 Å². The zero-order valence-corrected chi connectivity index (χ0v) is 10.9. The van der Waals surface area contributed by atoms with Crippen LogP contribution in [0.2, 0.25) is 0 Å². The van der Waals surface area contributed by atoms with Crippen LogP contribution in [0.1, 0.15) is 10.4 Å². The largest absolute Gasteiger partial charge is 0.497 e. The number of hydrogen-bond donors (Lipinski definition) is 2. The van der Waals surface area contributed by atoms with Crippen LogP contribution in [0.15, 0.2) is 48.5 Å². The van der Waals surface area contributed by atoms with E-state index in [1.807, 2.05) is 24.3 Å². The van der Waals surface area contributed by atoms with Crippen molar-refractivity contribution >= 4 is 16.9 Å². The molecule has 0 saturated carbocycles. The van der Waals surface area contributed by atoms with Gasteiger partial charge in [0, 0.05) is 16.6 Å². The molecule has 100 valence electrons. The summed E-state index contributed by atoms with van der Waals surface area (Å²) >= 11 is 0. The van der Waals surface area contributed by atoms with Crippen molar-refractivity contribution in [3.63, 3.8) is 0 Å². The van der Waals surface area contributed by atoms with Gasteiger partial charge in [-0.3, -0.25) is 0 Å². The summed E-state index contributed by atoms with van der Waals surface area (Å²) in [6.45, 7) is 0. The number of methoxy groups -OCH3 is 1. The lowest BCUT2D eigenvalue weighted by Crippen LogP contribution is -1.94. The van der Waals surface area contributed by atoms with Gasteiger partial charge in [0.1, 0.15) is 5.75 Å². The number of aromatic carboxylic acids is 1. The molecule has 2 aromatic carbocycles. The molecule has 0 spiro atoms. The Morgan fingerprint density at radius 3 is 2.50 bits per heavy atom. The van der Waals surface area contributed by atoms with E-state index >= 15 is 0 Å². The van der Waals surface area contributed by atoms with Crippen LogP contribution in [0, 0.1) is 0 Å². The fraction of sp³-hybridized carbons (Fsp3) is 0.0625. The molecule has 20 heavy (non-hydrogen) atoms. The molecule has 0 fully saturated rings. The van der Waals surface area contributed by atoms with Crippen LogP contribution in [0.5, 0.6) is 5.75 Å². The van der Waals surface area contributed by atoms with Gasteiger partial charge in [-0.25, -0.2) is 4.79 Å². The molecule has 0 unspecified atom stereocenters. The molecule has 0 saturated heterocycles. The Morgan fingerprint density at radius 1 is 1.10 bits per heavy atom. The van der Waals surface area contributed by atoms with E-state index in [0.717, 1.165) is 27.9 Å². The first kappa shape index (κ1) is 12.3. The van der Waals surface area contributed by atoms with Gasteiger partial charge in [-0.05, 0) is 42.0 Å². The van der Waals surface area contributed by atoms with E-state index in [1.165, 1.54) is 0 Å². The van der Waals surface area contributed by atoms with Gasteiger partial charge in [0.25, 0.3) is 0 Å². The van der Waals surface area contributed by atoms with Gasteiger partial charge in [-0.2, -0.15) is 0 Å². The van der Waals surface area contributed by atoms with E-state index in [2.05, 4.69) is 4.98 Å². The quantitative estimate of drug-likeness (QED) is 0.763. The third-order valence-corrected chi connectivity index (χ3v) is 3.27. The summed E-state index contributed by atoms with van der Waals surface area (Å²) in [6, 6.07) is 14.6. The Labute approximate surface area is 115 Å². The SMILES string of the molecule is COc1ccc2[nH]c(-c3ccc(C(=O)O)cc3)cc2c1. The van der Waals surface area contributed by atoms with Gasteiger partial charge in [0.05, 0.1) is 12.7 Å². The molecule has 0 aliphatic rings. The van der Waals surface area contributed by atoms with Crippen molar-refractivity contribution < 1.29 is 14.6 Å². The average Bonchev–Trinajstić information content (AvgIpc) is 2.90. The van der Waals surface area contributed by atoms with E-state index in [-0.39, 0.29) is 5.56 Å². The number of carboxylic acids is 1.